The smallest absolute Gasteiger partial charge is 0.237 e. The SMILES string of the molecule is C#CC(C)(C)Oc1ccc2cnn(-c3cc(Nc4cccnc4OC)ncn3)c2c1. The first-order valence-electron chi connectivity index (χ1n) is 9.22. The van der Waals surface area contributed by atoms with E-state index in [1.807, 2.05) is 44.2 Å². The van der Waals surface area contributed by atoms with Crippen LogP contribution in [0.1, 0.15) is 13.8 Å². The van der Waals surface area contributed by atoms with E-state index in [0.717, 1.165) is 10.9 Å². The summed E-state index contributed by atoms with van der Waals surface area (Å²) >= 11 is 0. The molecule has 0 unspecified atom stereocenters. The van der Waals surface area contributed by atoms with E-state index in [0.29, 0.717) is 29.0 Å². The van der Waals surface area contributed by atoms with Crippen LogP contribution < -0.4 is 14.8 Å². The Morgan fingerprint density at radius 2 is 2.00 bits per heavy atom. The monoisotopic (exact) mass is 400 g/mol. The Balaban J connectivity index is 1.69. The number of hydrogen-bond acceptors (Lipinski definition) is 7. The van der Waals surface area contributed by atoms with Crippen LogP contribution in [0, 0.1) is 12.3 Å². The quantitative estimate of drug-likeness (QED) is 0.493. The molecule has 1 aromatic carbocycles. The maximum atomic E-state index is 5.90. The molecule has 0 aliphatic heterocycles. The number of aromatic nitrogens is 5. The van der Waals surface area contributed by atoms with E-state index >= 15 is 0 Å². The van der Waals surface area contributed by atoms with Crippen molar-refractivity contribution in [1.29, 1.82) is 0 Å². The van der Waals surface area contributed by atoms with E-state index in [1.54, 1.807) is 30.3 Å². The molecule has 8 nitrogen and oxygen atoms in total. The third kappa shape index (κ3) is 3.86. The number of ether oxygens (including phenoxy) is 2. The van der Waals surface area contributed by atoms with Crippen molar-refractivity contribution in [3.8, 4) is 29.8 Å². The molecule has 1 N–H and O–H groups in total. The minimum atomic E-state index is -0.715. The minimum Gasteiger partial charge on any atom is -0.480 e. The van der Waals surface area contributed by atoms with Gasteiger partial charge in [-0.3, -0.25) is 0 Å². The van der Waals surface area contributed by atoms with Crippen LogP contribution >= 0.6 is 0 Å². The van der Waals surface area contributed by atoms with Crippen molar-refractivity contribution < 1.29 is 9.47 Å². The Labute approximate surface area is 173 Å². The normalized spacial score (nSPS) is 11.1. The van der Waals surface area contributed by atoms with Crippen LogP contribution in [0.2, 0.25) is 0 Å². The number of hydrogen-bond donors (Lipinski definition) is 1. The van der Waals surface area contributed by atoms with Crippen molar-refractivity contribution in [1.82, 2.24) is 24.7 Å². The van der Waals surface area contributed by atoms with Crippen molar-refractivity contribution in [3.05, 3.63) is 55.1 Å². The summed E-state index contributed by atoms with van der Waals surface area (Å²) in [6.07, 6.45) is 10.4. The zero-order valence-electron chi connectivity index (χ0n) is 16.8. The molecule has 4 rings (SSSR count). The highest BCUT2D eigenvalue weighted by Gasteiger charge is 2.17. The number of rotatable bonds is 6. The first-order valence-corrected chi connectivity index (χ1v) is 9.22. The van der Waals surface area contributed by atoms with Gasteiger partial charge >= 0.3 is 0 Å². The van der Waals surface area contributed by atoms with E-state index in [2.05, 4.69) is 31.3 Å². The average molecular weight is 400 g/mol. The van der Waals surface area contributed by atoms with E-state index in [-0.39, 0.29) is 0 Å². The summed E-state index contributed by atoms with van der Waals surface area (Å²) in [5.41, 5.74) is 0.818. The maximum Gasteiger partial charge on any atom is 0.237 e. The Kier molecular flexibility index (Phi) is 4.94. The van der Waals surface area contributed by atoms with Gasteiger partial charge in [0.2, 0.25) is 5.88 Å². The molecule has 0 fully saturated rings. The summed E-state index contributed by atoms with van der Waals surface area (Å²) in [6, 6.07) is 11.1. The molecule has 150 valence electrons. The number of nitrogens with one attached hydrogen (secondary N) is 1. The zero-order chi connectivity index (χ0) is 21.1. The van der Waals surface area contributed by atoms with Gasteiger partial charge in [0.15, 0.2) is 11.4 Å². The lowest BCUT2D eigenvalue weighted by molar-refractivity contribution is 0.173. The third-order valence-corrected chi connectivity index (χ3v) is 4.36. The van der Waals surface area contributed by atoms with Crippen LogP contribution in [0.15, 0.2) is 55.1 Å². The van der Waals surface area contributed by atoms with Gasteiger partial charge in [-0.05, 0) is 38.1 Å². The molecule has 0 spiro atoms. The number of anilines is 2. The van der Waals surface area contributed by atoms with Gasteiger partial charge in [0.25, 0.3) is 0 Å². The van der Waals surface area contributed by atoms with Gasteiger partial charge in [-0.1, -0.05) is 5.92 Å². The van der Waals surface area contributed by atoms with Gasteiger partial charge in [0.05, 0.1) is 18.8 Å². The molecule has 0 atom stereocenters. The summed E-state index contributed by atoms with van der Waals surface area (Å²) in [7, 11) is 1.57. The number of benzene rings is 1. The second-order valence-corrected chi connectivity index (χ2v) is 6.98. The van der Waals surface area contributed by atoms with Gasteiger partial charge in [-0.25, -0.2) is 19.6 Å². The number of terminal acetylenes is 1. The molecule has 0 saturated carbocycles. The predicted molar refractivity (Wildman–Crippen MR) is 114 cm³/mol. The number of nitrogens with zero attached hydrogens (tertiary/aromatic N) is 5. The van der Waals surface area contributed by atoms with Crippen molar-refractivity contribution in [2.24, 2.45) is 0 Å². The average Bonchev–Trinajstić information content (AvgIpc) is 3.17. The molecule has 0 aliphatic carbocycles. The fourth-order valence-corrected chi connectivity index (χ4v) is 2.89. The lowest BCUT2D eigenvalue weighted by Gasteiger charge is -2.20. The van der Waals surface area contributed by atoms with E-state index in [1.165, 1.54) is 6.33 Å². The maximum absolute atomic E-state index is 5.90. The van der Waals surface area contributed by atoms with Crippen LogP contribution in [0.25, 0.3) is 16.7 Å². The van der Waals surface area contributed by atoms with E-state index in [4.69, 9.17) is 15.9 Å². The minimum absolute atomic E-state index is 0.472. The second-order valence-electron chi connectivity index (χ2n) is 6.98. The zero-order valence-corrected chi connectivity index (χ0v) is 16.8. The topological polar surface area (TPSA) is 87.0 Å². The van der Waals surface area contributed by atoms with Crippen LogP contribution in [0.5, 0.6) is 11.6 Å². The Bertz CT molecular complexity index is 1240. The van der Waals surface area contributed by atoms with Crippen molar-refractivity contribution >= 4 is 22.4 Å². The number of fused-ring (bicyclic) bond motifs is 1. The van der Waals surface area contributed by atoms with Crippen LogP contribution in [-0.2, 0) is 0 Å². The predicted octanol–water partition coefficient (Wildman–Crippen LogP) is 3.75. The summed E-state index contributed by atoms with van der Waals surface area (Å²) in [5.74, 6) is 4.93. The summed E-state index contributed by atoms with van der Waals surface area (Å²) in [6.45, 7) is 3.67. The summed E-state index contributed by atoms with van der Waals surface area (Å²) in [4.78, 5) is 12.8. The highest BCUT2D eigenvalue weighted by Crippen LogP contribution is 2.27. The molecule has 3 heterocycles. The first kappa shape index (κ1) is 19.2. The van der Waals surface area contributed by atoms with Crippen LogP contribution in [0.3, 0.4) is 0 Å². The molecule has 8 heteroatoms. The van der Waals surface area contributed by atoms with Crippen LogP contribution in [-0.4, -0.2) is 37.4 Å². The van der Waals surface area contributed by atoms with Gasteiger partial charge in [0.1, 0.15) is 23.6 Å². The second kappa shape index (κ2) is 7.72. The van der Waals surface area contributed by atoms with Crippen LogP contribution in [0.4, 0.5) is 11.5 Å². The highest BCUT2D eigenvalue weighted by atomic mass is 16.5. The molecule has 0 saturated heterocycles. The first-order chi connectivity index (χ1) is 14.5. The Morgan fingerprint density at radius 1 is 1.13 bits per heavy atom. The molecule has 0 bridgehead atoms. The van der Waals surface area contributed by atoms with Gasteiger partial charge in [0, 0.05) is 23.7 Å². The van der Waals surface area contributed by atoms with Crippen molar-refractivity contribution in [2.45, 2.75) is 19.4 Å². The largest absolute Gasteiger partial charge is 0.480 e. The molecule has 4 aromatic rings. The summed E-state index contributed by atoms with van der Waals surface area (Å²) in [5, 5.41) is 8.62. The van der Waals surface area contributed by atoms with Gasteiger partial charge < -0.3 is 14.8 Å². The molecule has 0 aliphatic rings. The van der Waals surface area contributed by atoms with Crippen molar-refractivity contribution in [2.75, 3.05) is 12.4 Å². The van der Waals surface area contributed by atoms with E-state index in [9.17, 15) is 0 Å². The molecule has 3 aromatic heterocycles. The third-order valence-electron chi connectivity index (χ3n) is 4.36. The highest BCUT2D eigenvalue weighted by molar-refractivity contribution is 5.81. The molecule has 0 amide bonds. The Morgan fingerprint density at radius 3 is 2.80 bits per heavy atom. The number of methoxy groups -OCH3 is 1. The molecule has 0 radical (unpaired) electrons. The fraction of sp³-hybridized carbons (Fsp3) is 0.182. The standard InChI is InChI=1S/C22H20N6O2/c1-5-22(2,3)30-16-9-8-15-13-26-28(18(15)11-16)20-12-19(24-14-25-20)27-17-7-6-10-23-21(17)29-4/h1,6-14H,2-4H3,(H,24,25,27). The summed E-state index contributed by atoms with van der Waals surface area (Å²) < 4.78 is 12.9. The van der Waals surface area contributed by atoms with Gasteiger partial charge in [-0.15, -0.1) is 6.42 Å². The van der Waals surface area contributed by atoms with Crippen molar-refractivity contribution in [3.63, 3.8) is 0 Å². The van der Waals surface area contributed by atoms with Gasteiger partial charge in [-0.2, -0.15) is 5.10 Å². The molecule has 30 heavy (non-hydrogen) atoms. The fourth-order valence-electron chi connectivity index (χ4n) is 2.89. The van der Waals surface area contributed by atoms with E-state index < -0.39 is 5.60 Å². The lowest BCUT2D eigenvalue weighted by Crippen LogP contribution is -2.25. The molecular weight excluding hydrogens is 380 g/mol. The Hall–Kier alpha value is -4.12. The lowest BCUT2D eigenvalue weighted by atomic mass is 10.1. The number of pyridine rings is 1. The molecular formula is C22H20N6O2.